The number of rotatable bonds is 1. The normalized spacial score (nSPS) is 17.5. The first kappa shape index (κ1) is 14.1. The summed E-state index contributed by atoms with van der Waals surface area (Å²) in [5, 5.41) is 4.23. The van der Waals surface area contributed by atoms with Gasteiger partial charge < -0.3 is 14.8 Å². The van der Waals surface area contributed by atoms with Gasteiger partial charge in [0.15, 0.2) is 5.11 Å². The number of aryl methyl sites for hydroxylation is 1. The van der Waals surface area contributed by atoms with Gasteiger partial charge in [-0.1, -0.05) is 12.1 Å². The maximum absolute atomic E-state index is 5.64. The first-order valence-electron chi connectivity index (χ1n) is 7.37. The van der Waals surface area contributed by atoms with E-state index in [0.29, 0.717) is 6.04 Å². The Bertz CT molecular complexity index is 674. The van der Waals surface area contributed by atoms with Gasteiger partial charge in [-0.2, -0.15) is 0 Å². The van der Waals surface area contributed by atoms with Crippen molar-refractivity contribution in [3.05, 3.63) is 53.3 Å². The smallest absolute Gasteiger partial charge is 0.174 e. The maximum atomic E-state index is 5.64. The van der Waals surface area contributed by atoms with Crippen LogP contribution in [-0.4, -0.2) is 21.1 Å². The highest BCUT2D eigenvalue weighted by Crippen LogP contribution is 2.27. The van der Waals surface area contributed by atoms with Crippen molar-refractivity contribution in [1.82, 2.24) is 9.47 Å². The minimum atomic E-state index is 0.305. The molecule has 0 spiro atoms. The van der Waals surface area contributed by atoms with E-state index in [1.807, 2.05) is 0 Å². The van der Waals surface area contributed by atoms with Crippen LogP contribution in [0.25, 0.3) is 0 Å². The SMILES string of the molecule is Cc1cccc(NC(=S)N2CCn3cccc3[C@H]2C)c1C. The van der Waals surface area contributed by atoms with Crippen LogP contribution in [0, 0.1) is 13.8 Å². The molecule has 1 aliphatic rings. The minimum absolute atomic E-state index is 0.305. The molecule has 0 saturated heterocycles. The highest BCUT2D eigenvalue weighted by atomic mass is 32.1. The molecular formula is C17H21N3S. The molecule has 0 fully saturated rings. The van der Waals surface area contributed by atoms with E-state index in [0.717, 1.165) is 23.9 Å². The fraction of sp³-hybridized carbons (Fsp3) is 0.353. The number of hydrogen-bond acceptors (Lipinski definition) is 1. The number of aromatic nitrogens is 1. The Balaban J connectivity index is 1.79. The molecule has 1 aromatic carbocycles. The first-order chi connectivity index (χ1) is 10.1. The zero-order valence-electron chi connectivity index (χ0n) is 12.8. The Hall–Kier alpha value is -1.81. The lowest BCUT2D eigenvalue weighted by molar-refractivity contribution is 0.276. The van der Waals surface area contributed by atoms with Gasteiger partial charge in [0.1, 0.15) is 0 Å². The summed E-state index contributed by atoms with van der Waals surface area (Å²) in [7, 11) is 0. The predicted octanol–water partition coefficient (Wildman–Crippen LogP) is 3.88. The van der Waals surface area contributed by atoms with Gasteiger partial charge in [-0.15, -0.1) is 0 Å². The Morgan fingerprint density at radius 1 is 1.19 bits per heavy atom. The van der Waals surface area contributed by atoms with E-state index < -0.39 is 0 Å². The summed E-state index contributed by atoms with van der Waals surface area (Å²) in [5.74, 6) is 0. The molecule has 110 valence electrons. The molecule has 0 amide bonds. The van der Waals surface area contributed by atoms with Crippen LogP contribution in [0.3, 0.4) is 0 Å². The molecule has 3 rings (SSSR count). The molecule has 4 heteroatoms. The van der Waals surface area contributed by atoms with Gasteiger partial charge in [-0.25, -0.2) is 0 Å². The molecular weight excluding hydrogens is 278 g/mol. The molecule has 1 atom stereocenters. The van der Waals surface area contributed by atoms with Crippen LogP contribution in [0.15, 0.2) is 36.5 Å². The molecule has 1 aromatic heterocycles. The number of nitrogens with one attached hydrogen (secondary N) is 1. The molecule has 0 bridgehead atoms. The number of nitrogens with zero attached hydrogens (tertiary/aromatic N) is 2. The highest BCUT2D eigenvalue weighted by molar-refractivity contribution is 7.80. The highest BCUT2D eigenvalue weighted by Gasteiger charge is 2.25. The van der Waals surface area contributed by atoms with E-state index in [9.17, 15) is 0 Å². The molecule has 2 heterocycles. The molecule has 2 aromatic rings. The van der Waals surface area contributed by atoms with Crippen molar-refractivity contribution in [3.8, 4) is 0 Å². The summed E-state index contributed by atoms with van der Waals surface area (Å²) >= 11 is 5.64. The van der Waals surface area contributed by atoms with Crippen molar-refractivity contribution in [3.63, 3.8) is 0 Å². The summed E-state index contributed by atoms with van der Waals surface area (Å²) in [6.45, 7) is 8.40. The number of anilines is 1. The maximum Gasteiger partial charge on any atom is 0.174 e. The van der Waals surface area contributed by atoms with E-state index in [1.165, 1.54) is 16.8 Å². The van der Waals surface area contributed by atoms with Crippen molar-refractivity contribution in [2.24, 2.45) is 0 Å². The second kappa shape index (κ2) is 5.53. The number of hydrogen-bond donors (Lipinski definition) is 1. The lowest BCUT2D eigenvalue weighted by Crippen LogP contribution is -2.42. The average molecular weight is 299 g/mol. The minimum Gasteiger partial charge on any atom is -0.348 e. The fourth-order valence-corrected chi connectivity index (χ4v) is 3.29. The lowest BCUT2D eigenvalue weighted by atomic mass is 10.1. The van der Waals surface area contributed by atoms with Crippen molar-refractivity contribution in [1.29, 1.82) is 0 Å². The summed E-state index contributed by atoms with van der Waals surface area (Å²) in [6.07, 6.45) is 2.14. The molecule has 0 unspecified atom stereocenters. The monoisotopic (exact) mass is 299 g/mol. The Morgan fingerprint density at radius 2 is 2.00 bits per heavy atom. The summed E-state index contributed by atoms with van der Waals surface area (Å²) in [4.78, 5) is 2.27. The van der Waals surface area contributed by atoms with Crippen LogP contribution >= 0.6 is 12.2 Å². The first-order valence-corrected chi connectivity index (χ1v) is 7.77. The van der Waals surface area contributed by atoms with E-state index >= 15 is 0 Å². The molecule has 0 radical (unpaired) electrons. The second-order valence-electron chi connectivity index (χ2n) is 5.67. The Morgan fingerprint density at radius 3 is 2.81 bits per heavy atom. The summed E-state index contributed by atoms with van der Waals surface area (Å²) < 4.78 is 2.31. The molecule has 1 N–H and O–H groups in total. The van der Waals surface area contributed by atoms with Gasteiger partial charge in [0, 0.05) is 30.7 Å². The van der Waals surface area contributed by atoms with Crippen LogP contribution in [-0.2, 0) is 6.54 Å². The van der Waals surface area contributed by atoms with Crippen molar-refractivity contribution in [2.75, 3.05) is 11.9 Å². The zero-order valence-corrected chi connectivity index (χ0v) is 13.6. The molecule has 1 aliphatic heterocycles. The molecule has 0 saturated carbocycles. The van der Waals surface area contributed by atoms with Crippen molar-refractivity contribution in [2.45, 2.75) is 33.4 Å². The molecule has 21 heavy (non-hydrogen) atoms. The van der Waals surface area contributed by atoms with Crippen molar-refractivity contribution < 1.29 is 0 Å². The third-order valence-corrected chi connectivity index (χ3v) is 4.79. The van der Waals surface area contributed by atoms with Gasteiger partial charge >= 0.3 is 0 Å². The Labute approximate surface area is 131 Å². The predicted molar refractivity (Wildman–Crippen MR) is 91.7 cm³/mol. The van der Waals surface area contributed by atoms with Crippen LogP contribution in [0.4, 0.5) is 5.69 Å². The van der Waals surface area contributed by atoms with Crippen LogP contribution in [0.2, 0.25) is 0 Å². The van der Waals surface area contributed by atoms with Gasteiger partial charge in [-0.3, -0.25) is 0 Å². The van der Waals surface area contributed by atoms with E-state index in [4.69, 9.17) is 12.2 Å². The van der Waals surface area contributed by atoms with Gasteiger partial charge in [0.05, 0.1) is 6.04 Å². The second-order valence-corrected chi connectivity index (χ2v) is 6.06. The standard InChI is InChI=1S/C17H21N3S/c1-12-6-4-7-15(13(12)2)18-17(21)20-11-10-19-9-5-8-16(19)14(20)3/h4-9,14H,10-11H2,1-3H3,(H,18,21)/t14-/m1/s1. The van der Waals surface area contributed by atoms with Gasteiger partial charge in [-0.05, 0) is 62.3 Å². The van der Waals surface area contributed by atoms with Crippen LogP contribution in [0.1, 0.15) is 29.8 Å². The summed E-state index contributed by atoms with van der Waals surface area (Å²) in [6, 6.07) is 10.9. The van der Waals surface area contributed by atoms with Crippen molar-refractivity contribution >= 4 is 23.0 Å². The molecule has 3 nitrogen and oxygen atoms in total. The quantitative estimate of drug-likeness (QED) is 0.807. The van der Waals surface area contributed by atoms with E-state index in [2.05, 4.69) is 72.1 Å². The summed E-state index contributed by atoms with van der Waals surface area (Å²) in [5.41, 5.74) is 4.97. The van der Waals surface area contributed by atoms with Gasteiger partial charge in [0.2, 0.25) is 0 Å². The third kappa shape index (κ3) is 2.56. The van der Waals surface area contributed by atoms with Gasteiger partial charge in [0.25, 0.3) is 0 Å². The van der Waals surface area contributed by atoms with Crippen LogP contribution < -0.4 is 5.32 Å². The van der Waals surface area contributed by atoms with E-state index in [-0.39, 0.29) is 0 Å². The third-order valence-electron chi connectivity index (χ3n) is 4.45. The average Bonchev–Trinajstić information content (AvgIpc) is 2.93. The molecule has 0 aliphatic carbocycles. The lowest BCUT2D eigenvalue weighted by Gasteiger charge is -2.37. The number of fused-ring (bicyclic) bond motifs is 1. The van der Waals surface area contributed by atoms with E-state index in [1.54, 1.807) is 0 Å². The topological polar surface area (TPSA) is 20.2 Å². The zero-order chi connectivity index (χ0) is 15.0. The Kier molecular flexibility index (Phi) is 3.72. The van der Waals surface area contributed by atoms with Crippen LogP contribution in [0.5, 0.6) is 0 Å². The number of benzene rings is 1. The largest absolute Gasteiger partial charge is 0.348 e. The number of thiocarbonyl (C=S) groups is 1. The fourth-order valence-electron chi connectivity index (χ4n) is 2.93.